The minimum atomic E-state index is -1.20. The highest BCUT2D eigenvalue weighted by Gasteiger charge is 2.22. The van der Waals surface area contributed by atoms with Gasteiger partial charge in [-0.15, -0.1) is 0 Å². The highest BCUT2D eigenvalue weighted by Crippen LogP contribution is 2.26. The fourth-order valence-corrected chi connectivity index (χ4v) is 2.76. The van der Waals surface area contributed by atoms with Gasteiger partial charge in [-0.3, -0.25) is 4.79 Å². The predicted octanol–water partition coefficient (Wildman–Crippen LogP) is 2.74. The summed E-state index contributed by atoms with van der Waals surface area (Å²) >= 11 is 0. The Labute approximate surface area is 148 Å². The van der Waals surface area contributed by atoms with Crippen LogP contribution in [0.3, 0.4) is 0 Å². The standard InChI is InChI=1S/C19H17FN2O4/c1-26-17-7-3-6-14-13(17)10-15(21-14)18(23)22-16(19(24)25)9-11-4-2-5-12(20)8-11/h2-8,10,16,21H,9H2,1H3,(H,22,23)(H,24,25)/t16-/m1/s1. The highest BCUT2D eigenvalue weighted by molar-refractivity contribution is 6.01. The number of ether oxygens (including phenoxy) is 1. The molecule has 0 saturated carbocycles. The van der Waals surface area contributed by atoms with E-state index in [9.17, 15) is 19.1 Å². The lowest BCUT2D eigenvalue weighted by atomic mass is 10.1. The highest BCUT2D eigenvalue weighted by atomic mass is 19.1. The number of halogens is 1. The minimum absolute atomic E-state index is 0.0254. The Morgan fingerprint density at radius 2 is 2.00 bits per heavy atom. The molecule has 0 aliphatic rings. The van der Waals surface area contributed by atoms with Gasteiger partial charge in [-0.2, -0.15) is 0 Å². The second-order valence-electron chi connectivity index (χ2n) is 5.80. The van der Waals surface area contributed by atoms with Gasteiger partial charge in [0.2, 0.25) is 0 Å². The number of H-pyrrole nitrogens is 1. The van der Waals surface area contributed by atoms with Crippen molar-refractivity contribution >= 4 is 22.8 Å². The van der Waals surface area contributed by atoms with E-state index >= 15 is 0 Å². The molecule has 1 aromatic heterocycles. The van der Waals surface area contributed by atoms with Crippen molar-refractivity contribution in [2.24, 2.45) is 0 Å². The number of hydrogen-bond acceptors (Lipinski definition) is 3. The first-order valence-electron chi connectivity index (χ1n) is 7.92. The van der Waals surface area contributed by atoms with Crippen molar-refractivity contribution in [2.45, 2.75) is 12.5 Å². The molecule has 1 heterocycles. The smallest absolute Gasteiger partial charge is 0.326 e. The Balaban J connectivity index is 1.81. The molecule has 3 rings (SSSR count). The molecule has 0 unspecified atom stereocenters. The Kier molecular flexibility index (Phi) is 4.88. The second kappa shape index (κ2) is 7.26. The average Bonchev–Trinajstić information content (AvgIpc) is 3.05. The van der Waals surface area contributed by atoms with Crippen molar-refractivity contribution in [3.05, 3.63) is 65.6 Å². The number of fused-ring (bicyclic) bond motifs is 1. The number of methoxy groups -OCH3 is 1. The molecular weight excluding hydrogens is 339 g/mol. The number of carboxylic acids is 1. The quantitative estimate of drug-likeness (QED) is 0.633. The van der Waals surface area contributed by atoms with E-state index in [1.165, 1.54) is 25.3 Å². The normalized spacial score (nSPS) is 11.9. The monoisotopic (exact) mass is 356 g/mol. The third-order valence-electron chi connectivity index (χ3n) is 4.02. The van der Waals surface area contributed by atoms with E-state index in [1.54, 1.807) is 30.3 Å². The molecule has 0 fully saturated rings. The van der Waals surface area contributed by atoms with Crippen molar-refractivity contribution in [3.8, 4) is 5.75 Å². The summed E-state index contributed by atoms with van der Waals surface area (Å²) in [4.78, 5) is 26.9. The zero-order valence-corrected chi connectivity index (χ0v) is 14.0. The van der Waals surface area contributed by atoms with Gasteiger partial charge in [0.05, 0.1) is 7.11 Å². The number of amides is 1. The van der Waals surface area contributed by atoms with Gasteiger partial charge < -0.3 is 20.1 Å². The Morgan fingerprint density at radius 1 is 1.23 bits per heavy atom. The summed E-state index contributed by atoms with van der Waals surface area (Å²) < 4.78 is 18.5. The van der Waals surface area contributed by atoms with E-state index < -0.39 is 23.7 Å². The van der Waals surface area contributed by atoms with Crippen LogP contribution >= 0.6 is 0 Å². The van der Waals surface area contributed by atoms with E-state index in [-0.39, 0.29) is 12.1 Å². The van der Waals surface area contributed by atoms with Crippen LogP contribution in [-0.2, 0) is 11.2 Å². The SMILES string of the molecule is COc1cccc2[nH]c(C(=O)N[C@H](Cc3cccc(F)c3)C(=O)O)cc12. The lowest BCUT2D eigenvalue weighted by molar-refractivity contribution is -0.139. The molecule has 3 aromatic rings. The molecular formula is C19H17FN2O4. The molecule has 0 bridgehead atoms. The summed E-state index contributed by atoms with van der Waals surface area (Å²) in [5.74, 6) is -1.61. The number of benzene rings is 2. The van der Waals surface area contributed by atoms with Gasteiger partial charge in [-0.25, -0.2) is 9.18 Å². The number of carboxylic acid groups (broad SMARTS) is 1. The van der Waals surface area contributed by atoms with Gasteiger partial charge in [0.15, 0.2) is 0 Å². The lowest BCUT2D eigenvalue weighted by Crippen LogP contribution is -2.42. The van der Waals surface area contributed by atoms with Crippen molar-refractivity contribution in [3.63, 3.8) is 0 Å². The maximum absolute atomic E-state index is 13.3. The van der Waals surface area contributed by atoms with Crippen molar-refractivity contribution in [2.75, 3.05) is 7.11 Å². The summed E-state index contributed by atoms with van der Waals surface area (Å²) in [7, 11) is 1.53. The van der Waals surface area contributed by atoms with Crippen molar-refractivity contribution < 1.29 is 23.8 Å². The van der Waals surface area contributed by atoms with Crippen molar-refractivity contribution in [1.82, 2.24) is 10.3 Å². The van der Waals surface area contributed by atoms with Crippen LogP contribution in [-0.4, -0.2) is 35.1 Å². The van der Waals surface area contributed by atoms with Gasteiger partial charge in [0.25, 0.3) is 5.91 Å². The molecule has 1 atom stereocenters. The largest absolute Gasteiger partial charge is 0.496 e. The van der Waals surface area contributed by atoms with Crippen LogP contribution in [0.1, 0.15) is 16.1 Å². The molecule has 3 N–H and O–H groups in total. The van der Waals surface area contributed by atoms with E-state index in [0.717, 1.165) is 5.39 Å². The van der Waals surface area contributed by atoms with Crippen LogP contribution < -0.4 is 10.1 Å². The molecule has 0 aliphatic carbocycles. The zero-order valence-electron chi connectivity index (χ0n) is 14.0. The summed E-state index contributed by atoms with van der Waals surface area (Å²) in [6, 6.07) is 11.4. The van der Waals surface area contributed by atoms with E-state index in [1.807, 2.05) is 0 Å². The average molecular weight is 356 g/mol. The molecule has 6 nitrogen and oxygen atoms in total. The first kappa shape index (κ1) is 17.5. The van der Waals surface area contributed by atoms with Crippen LogP contribution in [0.4, 0.5) is 4.39 Å². The molecule has 0 saturated heterocycles. The van der Waals surface area contributed by atoms with Crippen LogP contribution in [0.5, 0.6) is 5.75 Å². The Morgan fingerprint density at radius 3 is 2.69 bits per heavy atom. The number of aromatic amines is 1. The van der Waals surface area contributed by atoms with Crippen LogP contribution in [0.2, 0.25) is 0 Å². The van der Waals surface area contributed by atoms with Gasteiger partial charge in [0.1, 0.15) is 23.3 Å². The van der Waals surface area contributed by atoms with E-state index in [0.29, 0.717) is 16.8 Å². The fraction of sp³-hybridized carbons (Fsp3) is 0.158. The first-order chi connectivity index (χ1) is 12.5. The first-order valence-corrected chi connectivity index (χ1v) is 7.92. The van der Waals surface area contributed by atoms with E-state index in [2.05, 4.69) is 10.3 Å². The molecule has 0 aliphatic heterocycles. The number of carbonyl (C=O) groups excluding carboxylic acids is 1. The van der Waals surface area contributed by atoms with Crippen LogP contribution in [0.25, 0.3) is 10.9 Å². The third kappa shape index (κ3) is 3.66. The van der Waals surface area contributed by atoms with Gasteiger partial charge >= 0.3 is 5.97 Å². The number of carbonyl (C=O) groups is 2. The van der Waals surface area contributed by atoms with Gasteiger partial charge in [0, 0.05) is 17.3 Å². The molecule has 0 radical (unpaired) electrons. The molecule has 1 amide bonds. The van der Waals surface area contributed by atoms with Crippen LogP contribution in [0, 0.1) is 5.82 Å². The predicted molar refractivity (Wildman–Crippen MR) is 93.8 cm³/mol. The lowest BCUT2D eigenvalue weighted by Gasteiger charge is -2.14. The maximum Gasteiger partial charge on any atom is 0.326 e. The summed E-state index contributed by atoms with van der Waals surface area (Å²) in [5, 5.41) is 12.6. The molecule has 2 aromatic carbocycles. The Hall–Kier alpha value is -3.35. The van der Waals surface area contributed by atoms with Gasteiger partial charge in [-0.05, 0) is 35.9 Å². The van der Waals surface area contributed by atoms with Gasteiger partial charge in [-0.1, -0.05) is 18.2 Å². The third-order valence-corrected chi connectivity index (χ3v) is 4.02. The molecule has 26 heavy (non-hydrogen) atoms. The van der Waals surface area contributed by atoms with Crippen LogP contribution in [0.15, 0.2) is 48.5 Å². The Bertz CT molecular complexity index is 967. The number of rotatable bonds is 6. The molecule has 7 heteroatoms. The number of hydrogen-bond donors (Lipinski definition) is 3. The molecule has 0 spiro atoms. The number of nitrogens with one attached hydrogen (secondary N) is 2. The minimum Gasteiger partial charge on any atom is -0.496 e. The fourth-order valence-electron chi connectivity index (χ4n) is 2.76. The van der Waals surface area contributed by atoms with Crippen molar-refractivity contribution in [1.29, 1.82) is 0 Å². The second-order valence-corrected chi connectivity index (χ2v) is 5.80. The zero-order chi connectivity index (χ0) is 18.7. The topological polar surface area (TPSA) is 91.4 Å². The summed E-state index contributed by atoms with van der Waals surface area (Å²) in [6.45, 7) is 0. The summed E-state index contributed by atoms with van der Waals surface area (Å²) in [5.41, 5.74) is 1.40. The molecule has 134 valence electrons. The summed E-state index contributed by atoms with van der Waals surface area (Å²) in [6.07, 6.45) is -0.0254. The number of aliphatic carboxylic acids is 1. The maximum atomic E-state index is 13.3. The van der Waals surface area contributed by atoms with E-state index in [4.69, 9.17) is 4.74 Å². The number of aromatic nitrogens is 1.